The molecule has 0 bridgehead atoms. The molecule has 2 nitrogen and oxygen atoms in total. The number of carboxylic acid groups (broad SMARTS) is 1. The first kappa shape index (κ1) is 3.47. The summed E-state index contributed by atoms with van der Waals surface area (Å²) >= 11 is 0. The van der Waals surface area contributed by atoms with Gasteiger partial charge in [-0.25, -0.2) is 0 Å². The highest BCUT2D eigenvalue weighted by atomic mass is 16.4. The van der Waals surface area contributed by atoms with Crippen LogP contribution in [0.15, 0.2) is 0 Å². The van der Waals surface area contributed by atoms with Gasteiger partial charge in [-0.1, -0.05) is 0 Å². The van der Waals surface area contributed by atoms with Gasteiger partial charge in [0.05, 0.1) is 0 Å². The number of hydrogen-bond acceptors (Lipinski definition) is 2. The number of rotatable bonds is 0. The summed E-state index contributed by atoms with van der Waals surface area (Å²) in [5, 5.41) is 8.78. The second-order valence-electron chi connectivity index (χ2n) is 0.372. The summed E-state index contributed by atoms with van der Waals surface area (Å²) in [6.07, 6.45) is 0. The summed E-state index contributed by atoms with van der Waals surface area (Å²) < 4.78 is 0. The maximum absolute atomic E-state index is 8.78. The largest absolute Gasteiger partial charge is 0.550 e. The average molecular weight is 58.0 g/mol. The maximum Gasteiger partial charge on any atom is 0.0418 e. The smallest absolute Gasteiger partial charge is 0.0418 e. The van der Waals surface area contributed by atoms with E-state index in [9.17, 15) is 0 Å². The predicted octanol–water partition coefficient (Wildman–Crippen LogP) is -1.43. The third-order valence-electron chi connectivity index (χ3n) is 0. The van der Waals surface area contributed by atoms with Crippen molar-refractivity contribution in [2.24, 2.45) is 0 Å². The first-order valence-electron chi connectivity index (χ1n) is 0.762. The van der Waals surface area contributed by atoms with Crippen molar-refractivity contribution in [1.29, 1.82) is 0 Å². The minimum Gasteiger partial charge on any atom is -0.550 e. The summed E-state index contributed by atoms with van der Waals surface area (Å²) in [6.45, 7) is 2.44. The number of hydrogen-bond donors (Lipinski definition) is 0. The van der Waals surface area contributed by atoms with Crippen molar-refractivity contribution in [1.82, 2.24) is 0 Å². The fourth-order valence-electron chi connectivity index (χ4n) is 0. The number of aliphatic carboxylic acids is 1. The van der Waals surface area contributed by atoms with Crippen molar-refractivity contribution in [2.45, 2.75) is 0 Å². The van der Waals surface area contributed by atoms with Crippen LogP contribution in [-0.2, 0) is 4.79 Å². The van der Waals surface area contributed by atoms with E-state index < -0.39 is 5.97 Å². The van der Waals surface area contributed by atoms with Gasteiger partial charge in [0.25, 0.3) is 0 Å². The number of carbonyl (C=O) groups excluding carboxylic acids is 1. The number of carbonyl (C=O) groups is 1. The Kier molecular flexibility index (Phi) is 0.759. The minimum absolute atomic E-state index is 1.33. The summed E-state index contributed by atoms with van der Waals surface area (Å²) in [5.74, 6) is -1.33. The standard InChI is InChI=1S/C2H3O2/c1-2(3)4/h1H2,(H,3,4)/p-1. The van der Waals surface area contributed by atoms with Crippen molar-refractivity contribution in [3.63, 3.8) is 0 Å². The van der Waals surface area contributed by atoms with Crippen LogP contribution in [0.3, 0.4) is 0 Å². The monoisotopic (exact) mass is 58.0 g/mol. The molecule has 0 aromatic rings. The second-order valence-corrected chi connectivity index (χ2v) is 0.372. The molecule has 1 radical (unpaired) electrons. The van der Waals surface area contributed by atoms with Crippen molar-refractivity contribution < 1.29 is 9.90 Å². The van der Waals surface area contributed by atoms with Gasteiger partial charge in [0.1, 0.15) is 0 Å². The van der Waals surface area contributed by atoms with Gasteiger partial charge in [-0.15, -0.1) is 0 Å². The van der Waals surface area contributed by atoms with Crippen LogP contribution in [0, 0.1) is 6.92 Å². The van der Waals surface area contributed by atoms with E-state index in [2.05, 4.69) is 6.92 Å². The normalized spacial score (nSPS) is 6.25. The first-order valence-corrected chi connectivity index (χ1v) is 0.762. The molecule has 0 rings (SSSR count). The van der Waals surface area contributed by atoms with Gasteiger partial charge in [0, 0.05) is 5.97 Å². The topological polar surface area (TPSA) is 40.1 Å². The van der Waals surface area contributed by atoms with Crippen molar-refractivity contribution in [2.75, 3.05) is 0 Å². The molecule has 0 heterocycles. The van der Waals surface area contributed by atoms with Gasteiger partial charge in [0.2, 0.25) is 0 Å². The Labute approximate surface area is 24.1 Å². The molecule has 0 N–H and O–H groups in total. The lowest BCUT2D eigenvalue weighted by molar-refractivity contribution is -0.298. The van der Waals surface area contributed by atoms with Crippen LogP contribution in [0.2, 0.25) is 0 Å². The van der Waals surface area contributed by atoms with Gasteiger partial charge >= 0.3 is 0 Å². The molecule has 0 aliphatic carbocycles. The van der Waals surface area contributed by atoms with Crippen LogP contribution in [0.25, 0.3) is 0 Å². The molecule has 0 spiro atoms. The predicted molar refractivity (Wildman–Crippen MR) is 10.4 cm³/mol. The molecule has 4 heavy (non-hydrogen) atoms. The molecule has 0 amide bonds. The first-order chi connectivity index (χ1) is 1.73. The highest BCUT2D eigenvalue weighted by molar-refractivity contribution is 5.68. The highest BCUT2D eigenvalue weighted by Gasteiger charge is 1.47. The molecule has 0 aliphatic rings. The Balaban J connectivity index is 2.80. The number of carboxylic acids is 1. The molecule has 0 atom stereocenters. The van der Waals surface area contributed by atoms with Crippen molar-refractivity contribution >= 4 is 5.97 Å². The molecule has 23 valence electrons. The van der Waals surface area contributed by atoms with Crippen LogP contribution in [-0.4, -0.2) is 5.97 Å². The van der Waals surface area contributed by atoms with Crippen LogP contribution >= 0.6 is 0 Å². The maximum atomic E-state index is 8.78. The molecule has 2 heteroatoms. The summed E-state index contributed by atoms with van der Waals surface area (Å²) in [6, 6.07) is 0. The van der Waals surface area contributed by atoms with E-state index in [0.717, 1.165) is 0 Å². The van der Waals surface area contributed by atoms with E-state index in [1.165, 1.54) is 0 Å². The van der Waals surface area contributed by atoms with Gasteiger partial charge in [-0.2, -0.15) is 0 Å². The van der Waals surface area contributed by atoms with E-state index >= 15 is 0 Å². The quantitative estimate of drug-likeness (QED) is 0.342. The van der Waals surface area contributed by atoms with Crippen LogP contribution in [0.5, 0.6) is 0 Å². The van der Waals surface area contributed by atoms with Crippen molar-refractivity contribution in [3.05, 3.63) is 6.92 Å². The molecule has 0 aliphatic heterocycles. The zero-order valence-electron chi connectivity index (χ0n) is 2.02. The molecule has 0 aromatic carbocycles. The fraction of sp³-hybridized carbons (Fsp3) is 0. The Bertz CT molecular complexity index is 27.0. The Morgan fingerprint density at radius 2 is 2.00 bits per heavy atom. The zero-order valence-corrected chi connectivity index (χ0v) is 2.02. The fourth-order valence-corrected chi connectivity index (χ4v) is 0. The lowest BCUT2D eigenvalue weighted by atomic mass is 10.9. The highest BCUT2D eigenvalue weighted by Crippen LogP contribution is 1.29. The van der Waals surface area contributed by atoms with Crippen LogP contribution in [0.1, 0.15) is 0 Å². The average Bonchev–Trinajstić information content (AvgIpc) is 0.811. The molecule has 0 fully saturated rings. The van der Waals surface area contributed by atoms with E-state index in [4.69, 9.17) is 9.90 Å². The van der Waals surface area contributed by atoms with Gasteiger partial charge in [-0.05, 0) is 6.92 Å². The minimum atomic E-state index is -1.33. The molecular weight excluding hydrogens is 56.0 g/mol. The van der Waals surface area contributed by atoms with Crippen molar-refractivity contribution in [3.8, 4) is 0 Å². The SMILES string of the molecule is [CH2]C(=O)[O-]. The Morgan fingerprint density at radius 1 is 2.00 bits per heavy atom. The molecular formula is C2H2O2-. The molecule has 0 unspecified atom stereocenters. The molecule has 0 saturated carbocycles. The van der Waals surface area contributed by atoms with Crippen LogP contribution < -0.4 is 5.11 Å². The van der Waals surface area contributed by atoms with E-state index in [1.54, 1.807) is 0 Å². The third kappa shape index (κ3) is 1.16. The van der Waals surface area contributed by atoms with E-state index in [0.29, 0.717) is 0 Å². The lowest BCUT2D eigenvalue weighted by Gasteiger charge is -1.76. The molecule has 0 saturated heterocycles. The van der Waals surface area contributed by atoms with Gasteiger partial charge in [0.15, 0.2) is 0 Å². The van der Waals surface area contributed by atoms with E-state index in [1.807, 2.05) is 0 Å². The van der Waals surface area contributed by atoms with E-state index in [-0.39, 0.29) is 0 Å². The Morgan fingerprint density at radius 3 is 2.00 bits per heavy atom. The summed E-state index contributed by atoms with van der Waals surface area (Å²) in [5.41, 5.74) is 0. The Hall–Kier alpha value is -0.530. The zero-order chi connectivity index (χ0) is 3.58. The van der Waals surface area contributed by atoms with Gasteiger partial charge in [-0.3, -0.25) is 0 Å². The van der Waals surface area contributed by atoms with Gasteiger partial charge < -0.3 is 9.90 Å². The summed E-state index contributed by atoms with van der Waals surface area (Å²) in [7, 11) is 0. The second kappa shape index (κ2) is 0.875. The van der Waals surface area contributed by atoms with Crippen LogP contribution in [0.4, 0.5) is 0 Å². The molecule has 0 aromatic heterocycles. The summed E-state index contributed by atoms with van der Waals surface area (Å²) in [4.78, 5) is 8.78. The lowest BCUT2D eigenvalue weighted by Crippen LogP contribution is -2.16. The third-order valence-corrected chi connectivity index (χ3v) is 0.